The van der Waals surface area contributed by atoms with Crippen molar-refractivity contribution in [2.45, 2.75) is 6.54 Å². The first-order valence-corrected chi connectivity index (χ1v) is 8.28. The van der Waals surface area contributed by atoms with E-state index in [0.29, 0.717) is 21.2 Å². The number of ether oxygens (including phenoxy) is 1. The van der Waals surface area contributed by atoms with Gasteiger partial charge in [-0.3, -0.25) is 9.69 Å². The third-order valence-electron chi connectivity index (χ3n) is 3.88. The van der Waals surface area contributed by atoms with Crippen molar-refractivity contribution in [1.29, 1.82) is 0 Å². The van der Waals surface area contributed by atoms with Crippen LogP contribution in [0.25, 0.3) is 0 Å². The van der Waals surface area contributed by atoms with Gasteiger partial charge in [0.05, 0.1) is 23.3 Å². The van der Waals surface area contributed by atoms with E-state index in [1.807, 2.05) is 24.3 Å². The zero-order valence-corrected chi connectivity index (χ0v) is 14.1. The fourth-order valence-corrected chi connectivity index (χ4v) is 2.93. The van der Waals surface area contributed by atoms with Gasteiger partial charge in [-0.15, -0.1) is 0 Å². The lowest BCUT2D eigenvalue weighted by Gasteiger charge is -2.26. The maximum Gasteiger partial charge on any atom is 0.193 e. The van der Waals surface area contributed by atoms with Crippen LogP contribution in [-0.4, -0.2) is 37.0 Å². The van der Waals surface area contributed by atoms with Crippen LogP contribution in [-0.2, 0) is 11.3 Å². The minimum Gasteiger partial charge on any atom is -0.379 e. The molecule has 3 nitrogen and oxygen atoms in total. The van der Waals surface area contributed by atoms with Crippen LogP contribution < -0.4 is 0 Å². The number of morpholine rings is 1. The molecule has 0 atom stereocenters. The highest BCUT2D eigenvalue weighted by Gasteiger charge is 2.14. The molecule has 1 aliphatic rings. The highest BCUT2D eigenvalue weighted by atomic mass is 35.5. The molecule has 0 radical (unpaired) electrons. The largest absolute Gasteiger partial charge is 0.379 e. The first-order chi connectivity index (χ1) is 11.1. The van der Waals surface area contributed by atoms with Crippen molar-refractivity contribution < 1.29 is 9.53 Å². The molecule has 5 heteroatoms. The van der Waals surface area contributed by atoms with Gasteiger partial charge in [-0.25, -0.2) is 0 Å². The number of benzene rings is 2. The standard InChI is InChI=1S/C18H17Cl2NO2/c19-16-5-4-15(11-17(16)20)18(22)14-3-1-2-13(10-14)12-21-6-8-23-9-7-21/h1-5,10-11H,6-9,12H2. The van der Waals surface area contributed by atoms with Gasteiger partial charge < -0.3 is 4.74 Å². The summed E-state index contributed by atoms with van der Waals surface area (Å²) in [5.41, 5.74) is 2.33. The molecule has 0 spiro atoms. The van der Waals surface area contributed by atoms with Crippen LogP contribution >= 0.6 is 23.2 Å². The van der Waals surface area contributed by atoms with Crippen LogP contribution in [0.3, 0.4) is 0 Å². The number of nitrogens with zero attached hydrogens (tertiary/aromatic N) is 1. The second-order valence-electron chi connectivity index (χ2n) is 5.55. The fraction of sp³-hybridized carbons (Fsp3) is 0.278. The maximum atomic E-state index is 12.6. The summed E-state index contributed by atoms with van der Waals surface area (Å²) in [7, 11) is 0. The van der Waals surface area contributed by atoms with Gasteiger partial charge in [-0.05, 0) is 29.8 Å². The number of halogens is 2. The van der Waals surface area contributed by atoms with Crippen molar-refractivity contribution in [3.05, 3.63) is 69.2 Å². The fourth-order valence-electron chi connectivity index (χ4n) is 2.63. The molecule has 0 saturated carbocycles. The van der Waals surface area contributed by atoms with Gasteiger partial charge in [0.1, 0.15) is 0 Å². The molecule has 1 aliphatic heterocycles. The molecule has 23 heavy (non-hydrogen) atoms. The van der Waals surface area contributed by atoms with E-state index >= 15 is 0 Å². The van der Waals surface area contributed by atoms with E-state index in [0.717, 1.165) is 38.4 Å². The Kier molecular flexibility index (Phi) is 5.34. The van der Waals surface area contributed by atoms with Crippen molar-refractivity contribution in [1.82, 2.24) is 4.90 Å². The van der Waals surface area contributed by atoms with Crippen molar-refractivity contribution in [3.8, 4) is 0 Å². The molecule has 120 valence electrons. The highest BCUT2D eigenvalue weighted by molar-refractivity contribution is 6.42. The topological polar surface area (TPSA) is 29.5 Å². The molecule has 1 heterocycles. The molecule has 0 amide bonds. The van der Waals surface area contributed by atoms with Crippen LogP contribution in [0.5, 0.6) is 0 Å². The molecule has 0 unspecified atom stereocenters. The zero-order valence-electron chi connectivity index (χ0n) is 12.6. The van der Waals surface area contributed by atoms with E-state index in [9.17, 15) is 4.79 Å². The predicted molar refractivity (Wildman–Crippen MR) is 92.4 cm³/mol. The minimum atomic E-state index is -0.0487. The Balaban J connectivity index is 1.78. The Morgan fingerprint density at radius 2 is 1.74 bits per heavy atom. The molecule has 1 saturated heterocycles. The second-order valence-corrected chi connectivity index (χ2v) is 6.36. The van der Waals surface area contributed by atoms with Crippen molar-refractivity contribution in [2.24, 2.45) is 0 Å². The summed E-state index contributed by atoms with van der Waals surface area (Å²) in [5.74, 6) is -0.0487. The summed E-state index contributed by atoms with van der Waals surface area (Å²) in [4.78, 5) is 14.9. The van der Waals surface area contributed by atoms with Gasteiger partial charge >= 0.3 is 0 Å². The van der Waals surface area contributed by atoms with Gasteiger partial charge in [-0.1, -0.05) is 41.4 Å². The lowest BCUT2D eigenvalue weighted by atomic mass is 10.0. The number of ketones is 1. The third-order valence-corrected chi connectivity index (χ3v) is 4.62. The number of carbonyl (C=O) groups excluding carboxylic acids is 1. The number of hydrogen-bond acceptors (Lipinski definition) is 3. The van der Waals surface area contributed by atoms with Gasteiger partial charge in [-0.2, -0.15) is 0 Å². The minimum absolute atomic E-state index is 0.0487. The molecule has 2 aromatic carbocycles. The summed E-state index contributed by atoms with van der Waals surface area (Å²) in [5, 5.41) is 0.839. The summed E-state index contributed by atoms with van der Waals surface area (Å²) in [6, 6.07) is 12.7. The van der Waals surface area contributed by atoms with Gasteiger partial charge in [0.25, 0.3) is 0 Å². The predicted octanol–water partition coefficient (Wildman–Crippen LogP) is 4.06. The Bertz CT molecular complexity index is 712. The van der Waals surface area contributed by atoms with Crippen LogP contribution in [0.1, 0.15) is 21.5 Å². The maximum absolute atomic E-state index is 12.6. The lowest BCUT2D eigenvalue weighted by molar-refractivity contribution is 0.0342. The average Bonchev–Trinajstić information content (AvgIpc) is 2.58. The normalized spacial score (nSPS) is 15.6. The molecule has 0 aliphatic carbocycles. The Morgan fingerprint density at radius 3 is 2.48 bits per heavy atom. The number of hydrogen-bond donors (Lipinski definition) is 0. The van der Waals surface area contributed by atoms with Crippen molar-refractivity contribution in [2.75, 3.05) is 26.3 Å². The van der Waals surface area contributed by atoms with E-state index in [4.69, 9.17) is 27.9 Å². The molecule has 0 bridgehead atoms. The van der Waals surface area contributed by atoms with Gasteiger partial charge in [0, 0.05) is 30.8 Å². The third kappa shape index (κ3) is 4.12. The SMILES string of the molecule is O=C(c1cccc(CN2CCOCC2)c1)c1ccc(Cl)c(Cl)c1. The van der Waals surface area contributed by atoms with Crippen LogP contribution in [0.4, 0.5) is 0 Å². The summed E-state index contributed by atoms with van der Waals surface area (Å²) >= 11 is 11.9. The molecule has 1 fully saturated rings. The Hall–Kier alpha value is -1.39. The number of carbonyl (C=O) groups is 1. The highest BCUT2D eigenvalue weighted by Crippen LogP contribution is 2.24. The summed E-state index contributed by atoms with van der Waals surface area (Å²) in [6.07, 6.45) is 0. The lowest BCUT2D eigenvalue weighted by Crippen LogP contribution is -2.35. The molecule has 2 aromatic rings. The van der Waals surface area contributed by atoms with Gasteiger partial charge in [0.15, 0.2) is 5.78 Å². The zero-order chi connectivity index (χ0) is 16.2. The van der Waals surface area contributed by atoms with E-state index in [2.05, 4.69) is 4.90 Å². The molecule has 0 N–H and O–H groups in total. The quantitative estimate of drug-likeness (QED) is 0.779. The molecular formula is C18H17Cl2NO2. The van der Waals surface area contributed by atoms with E-state index in [1.54, 1.807) is 18.2 Å². The molecular weight excluding hydrogens is 333 g/mol. The first-order valence-electron chi connectivity index (χ1n) is 7.52. The Morgan fingerprint density at radius 1 is 1.00 bits per heavy atom. The summed E-state index contributed by atoms with van der Waals surface area (Å²) < 4.78 is 5.36. The molecule has 3 rings (SSSR count). The van der Waals surface area contributed by atoms with Crippen molar-refractivity contribution in [3.63, 3.8) is 0 Å². The number of rotatable bonds is 4. The van der Waals surface area contributed by atoms with E-state index in [-0.39, 0.29) is 5.78 Å². The van der Waals surface area contributed by atoms with Gasteiger partial charge in [0.2, 0.25) is 0 Å². The Labute approximate surface area is 145 Å². The average molecular weight is 350 g/mol. The van der Waals surface area contributed by atoms with E-state index < -0.39 is 0 Å². The van der Waals surface area contributed by atoms with Crippen molar-refractivity contribution >= 4 is 29.0 Å². The van der Waals surface area contributed by atoms with Crippen LogP contribution in [0, 0.1) is 0 Å². The second kappa shape index (κ2) is 7.45. The first kappa shape index (κ1) is 16.5. The summed E-state index contributed by atoms with van der Waals surface area (Å²) in [6.45, 7) is 4.20. The van der Waals surface area contributed by atoms with Crippen LogP contribution in [0.15, 0.2) is 42.5 Å². The molecule has 0 aromatic heterocycles. The monoisotopic (exact) mass is 349 g/mol. The smallest absolute Gasteiger partial charge is 0.193 e. The van der Waals surface area contributed by atoms with Crippen LogP contribution in [0.2, 0.25) is 10.0 Å². The van der Waals surface area contributed by atoms with E-state index in [1.165, 1.54) is 0 Å².